The third kappa shape index (κ3) is 5.20. The Balaban J connectivity index is 1.53. The van der Waals surface area contributed by atoms with E-state index in [1.807, 2.05) is 52.0 Å². The van der Waals surface area contributed by atoms with Crippen LogP contribution >= 0.6 is 0 Å². The number of hydrogen-bond donors (Lipinski definition) is 0. The van der Waals surface area contributed by atoms with Crippen molar-refractivity contribution in [1.82, 2.24) is 14.2 Å². The summed E-state index contributed by atoms with van der Waals surface area (Å²) in [6.07, 6.45) is 2.99. The maximum Gasteiger partial charge on any atom is 0.410 e. The van der Waals surface area contributed by atoms with Crippen LogP contribution in [-0.2, 0) is 14.8 Å². The summed E-state index contributed by atoms with van der Waals surface area (Å²) in [5.74, 6) is 0.794. The number of aryl methyl sites for hydroxylation is 1. The van der Waals surface area contributed by atoms with Gasteiger partial charge in [0, 0.05) is 44.5 Å². The van der Waals surface area contributed by atoms with Crippen LogP contribution in [-0.4, -0.2) is 67.0 Å². The first kappa shape index (κ1) is 24.5. The van der Waals surface area contributed by atoms with Gasteiger partial charge in [-0.2, -0.15) is 4.31 Å². The van der Waals surface area contributed by atoms with E-state index in [0.717, 1.165) is 29.8 Å². The van der Waals surface area contributed by atoms with E-state index in [2.05, 4.69) is 9.88 Å². The molecule has 1 aromatic heterocycles. The Morgan fingerprint density at radius 3 is 2.35 bits per heavy atom. The molecule has 0 aliphatic carbocycles. The number of aromatic nitrogens is 1. The van der Waals surface area contributed by atoms with Crippen LogP contribution in [0.4, 0.5) is 10.6 Å². The van der Waals surface area contributed by atoms with Crippen molar-refractivity contribution < 1.29 is 17.9 Å². The van der Waals surface area contributed by atoms with Crippen LogP contribution in [0.5, 0.6) is 0 Å². The highest BCUT2D eigenvalue weighted by Crippen LogP contribution is 2.40. The summed E-state index contributed by atoms with van der Waals surface area (Å²) in [7, 11) is -3.62. The molecule has 0 radical (unpaired) electrons. The summed E-state index contributed by atoms with van der Waals surface area (Å²) in [4.78, 5) is 21.3. The number of sulfonamides is 1. The molecule has 0 bridgehead atoms. The van der Waals surface area contributed by atoms with Crippen LogP contribution in [0.2, 0.25) is 0 Å². The Morgan fingerprint density at radius 1 is 1.03 bits per heavy atom. The topological polar surface area (TPSA) is 83.1 Å². The lowest BCUT2D eigenvalue weighted by Crippen LogP contribution is -2.50. The van der Waals surface area contributed by atoms with Crippen LogP contribution in [0.3, 0.4) is 0 Å². The molecule has 0 N–H and O–H groups in total. The number of amides is 1. The zero-order valence-electron chi connectivity index (χ0n) is 20.4. The fraction of sp³-hybridized carbons (Fsp3) is 0.520. The highest BCUT2D eigenvalue weighted by atomic mass is 32.2. The molecular weight excluding hydrogens is 452 g/mol. The maximum absolute atomic E-state index is 13.5. The quantitative estimate of drug-likeness (QED) is 0.650. The summed E-state index contributed by atoms with van der Waals surface area (Å²) in [5.41, 5.74) is 1.41. The second-order valence-electron chi connectivity index (χ2n) is 9.96. The fourth-order valence-electron chi connectivity index (χ4n) is 4.55. The van der Waals surface area contributed by atoms with Crippen LogP contribution in [0.25, 0.3) is 0 Å². The van der Waals surface area contributed by atoms with Gasteiger partial charge in [0.25, 0.3) is 0 Å². The number of piperazine rings is 1. The molecule has 34 heavy (non-hydrogen) atoms. The number of benzene rings is 1. The number of anilines is 1. The van der Waals surface area contributed by atoms with Crippen LogP contribution in [0.15, 0.2) is 47.5 Å². The number of hydrogen-bond acceptors (Lipinski definition) is 6. The Bertz CT molecular complexity index is 1120. The first-order chi connectivity index (χ1) is 16.1. The number of carbonyl (C=O) groups excluding carboxylic acids is 1. The lowest BCUT2D eigenvalue weighted by Gasteiger charge is -2.37. The predicted octanol–water partition coefficient (Wildman–Crippen LogP) is 3.97. The van der Waals surface area contributed by atoms with Crippen molar-refractivity contribution in [2.75, 3.05) is 37.6 Å². The second-order valence-corrected chi connectivity index (χ2v) is 11.8. The van der Waals surface area contributed by atoms with Crippen molar-refractivity contribution in [2.24, 2.45) is 0 Å². The highest BCUT2D eigenvalue weighted by molar-refractivity contribution is 7.89. The van der Waals surface area contributed by atoms with Crippen molar-refractivity contribution in [3.8, 4) is 0 Å². The van der Waals surface area contributed by atoms with E-state index in [-0.39, 0.29) is 12.1 Å². The average Bonchev–Trinajstić information content (AvgIpc) is 3.29. The third-order valence-electron chi connectivity index (χ3n) is 6.24. The minimum Gasteiger partial charge on any atom is -0.444 e. The van der Waals surface area contributed by atoms with Crippen molar-refractivity contribution in [3.63, 3.8) is 0 Å². The van der Waals surface area contributed by atoms with E-state index in [0.29, 0.717) is 37.6 Å². The van der Waals surface area contributed by atoms with Gasteiger partial charge in [-0.15, -0.1) is 0 Å². The van der Waals surface area contributed by atoms with Crippen LogP contribution < -0.4 is 4.90 Å². The molecule has 0 saturated carbocycles. The number of pyridine rings is 1. The second kappa shape index (κ2) is 9.54. The normalized spacial score (nSPS) is 19.9. The molecule has 8 nitrogen and oxygen atoms in total. The Hall–Kier alpha value is -2.65. The lowest BCUT2D eigenvalue weighted by molar-refractivity contribution is 0.0240. The molecule has 9 heteroatoms. The van der Waals surface area contributed by atoms with Gasteiger partial charge in [-0.1, -0.05) is 23.8 Å². The van der Waals surface area contributed by atoms with Crippen molar-refractivity contribution in [3.05, 3.63) is 53.7 Å². The van der Waals surface area contributed by atoms with Gasteiger partial charge in [-0.3, -0.25) is 0 Å². The number of ether oxygens (including phenoxy) is 1. The number of nitrogens with zero attached hydrogens (tertiary/aromatic N) is 4. The summed E-state index contributed by atoms with van der Waals surface area (Å²) >= 11 is 0. The molecule has 2 aliphatic rings. The minimum absolute atomic E-state index is 0.265. The van der Waals surface area contributed by atoms with Gasteiger partial charge in [-0.25, -0.2) is 18.2 Å². The largest absolute Gasteiger partial charge is 0.444 e. The summed E-state index contributed by atoms with van der Waals surface area (Å²) in [5, 5.41) is 0. The third-order valence-corrected chi connectivity index (χ3v) is 8.16. The van der Waals surface area contributed by atoms with Crippen molar-refractivity contribution in [2.45, 2.75) is 57.1 Å². The van der Waals surface area contributed by atoms with E-state index in [9.17, 15) is 13.2 Å². The molecule has 2 aliphatic heterocycles. The molecule has 184 valence electrons. The van der Waals surface area contributed by atoms with Gasteiger partial charge in [-0.05, 0) is 58.7 Å². The highest BCUT2D eigenvalue weighted by Gasteiger charge is 2.38. The van der Waals surface area contributed by atoms with Crippen molar-refractivity contribution >= 4 is 21.9 Å². The predicted molar refractivity (Wildman–Crippen MR) is 131 cm³/mol. The zero-order valence-corrected chi connectivity index (χ0v) is 21.2. The van der Waals surface area contributed by atoms with Crippen molar-refractivity contribution in [1.29, 1.82) is 0 Å². The maximum atomic E-state index is 13.5. The minimum atomic E-state index is -3.62. The molecule has 2 aromatic rings. The summed E-state index contributed by atoms with van der Waals surface area (Å²) in [6.45, 7) is 10.3. The number of rotatable bonds is 4. The average molecular weight is 487 g/mol. The van der Waals surface area contributed by atoms with E-state index in [1.54, 1.807) is 27.5 Å². The molecule has 1 atom stereocenters. The Morgan fingerprint density at radius 2 is 1.71 bits per heavy atom. The van der Waals surface area contributed by atoms with Crippen LogP contribution in [0, 0.1) is 6.92 Å². The van der Waals surface area contributed by atoms with Gasteiger partial charge in [0.2, 0.25) is 10.0 Å². The fourth-order valence-corrected chi connectivity index (χ4v) is 6.22. The molecule has 1 aromatic carbocycles. The molecule has 0 spiro atoms. The molecule has 3 heterocycles. The van der Waals surface area contributed by atoms with Gasteiger partial charge in [0.15, 0.2) is 0 Å². The van der Waals surface area contributed by atoms with E-state index < -0.39 is 15.6 Å². The standard InChI is InChI=1S/C25H34N4O4S/c1-19-9-11-20(12-10-19)34(31,32)29-14-6-8-22(29)21-7-5-13-26-23(21)27-15-17-28(18-16-27)24(30)33-25(2,3)4/h5,7,9-13,22H,6,8,14-18H2,1-4H3/t22-/m0/s1. The Kier molecular flexibility index (Phi) is 6.87. The lowest BCUT2D eigenvalue weighted by atomic mass is 10.1. The molecule has 1 amide bonds. The molecular formula is C25H34N4O4S. The van der Waals surface area contributed by atoms with Gasteiger partial charge in [0.05, 0.1) is 10.9 Å². The van der Waals surface area contributed by atoms with Gasteiger partial charge in [0.1, 0.15) is 11.4 Å². The Labute approximate surface area is 202 Å². The van der Waals surface area contributed by atoms with E-state index in [4.69, 9.17) is 4.74 Å². The van der Waals surface area contributed by atoms with Gasteiger partial charge < -0.3 is 14.5 Å². The monoisotopic (exact) mass is 486 g/mol. The van der Waals surface area contributed by atoms with E-state index in [1.165, 1.54) is 0 Å². The summed E-state index contributed by atoms with van der Waals surface area (Å²) < 4.78 is 34.1. The summed E-state index contributed by atoms with van der Waals surface area (Å²) in [6, 6.07) is 10.6. The smallest absolute Gasteiger partial charge is 0.410 e. The SMILES string of the molecule is Cc1ccc(S(=O)(=O)N2CCC[C@H]2c2cccnc2N2CCN(C(=O)OC(C)(C)C)CC2)cc1. The number of carbonyl (C=O) groups is 1. The van der Waals surface area contributed by atoms with Gasteiger partial charge >= 0.3 is 6.09 Å². The molecule has 4 rings (SSSR count). The zero-order chi connectivity index (χ0) is 24.5. The first-order valence-corrected chi connectivity index (χ1v) is 13.3. The molecule has 2 fully saturated rings. The molecule has 2 saturated heterocycles. The molecule has 0 unspecified atom stereocenters. The first-order valence-electron chi connectivity index (χ1n) is 11.8. The van der Waals surface area contributed by atoms with Crippen LogP contribution in [0.1, 0.15) is 50.8 Å². The van der Waals surface area contributed by atoms with E-state index >= 15 is 0 Å².